The Morgan fingerprint density at radius 1 is 0.381 bits per heavy atom. The van der Waals surface area contributed by atoms with Crippen LogP contribution < -0.4 is 15.9 Å². The van der Waals surface area contributed by atoms with Gasteiger partial charge in [0.1, 0.15) is 0 Å². The van der Waals surface area contributed by atoms with Gasteiger partial charge in [0, 0.05) is 10.6 Å². The monoisotopic (exact) mass is 562 g/mol. The van der Waals surface area contributed by atoms with Gasteiger partial charge in [0.05, 0.1) is 5.30 Å². The van der Waals surface area contributed by atoms with Crippen LogP contribution in [0.1, 0.15) is 0 Å². The number of benzene rings is 9. The molecule has 0 heterocycles. The highest BCUT2D eigenvalue weighted by Gasteiger charge is 2.37. The zero-order valence-corrected chi connectivity index (χ0v) is 23.1. The summed E-state index contributed by atoms with van der Waals surface area (Å²) in [5.74, 6) is -2.08. The van der Waals surface area contributed by atoms with Crippen molar-refractivity contribution in [3.63, 3.8) is 0 Å². The first-order chi connectivity index (χ1) is 20.5. The first kappa shape index (κ1) is 23.8. The predicted molar refractivity (Wildman–Crippen MR) is 173 cm³/mol. The molecule has 9 aromatic rings. The van der Waals surface area contributed by atoms with Crippen molar-refractivity contribution in [1.82, 2.24) is 0 Å². The Morgan fingerprint density at radius 3 is 1.24 bits per heavy atom. The van der Waals surface area contributed by atoms with E-state index in [9.17, 15) is 4.39 Å². The lowest BCUT2D eigenvalue weighted by Crippen LogP contribution is -2.29. The molecule has 0 aromatic heterocycles. The molecule has 1 nitrogen and oxygen atoms in total. The molecule has 0 aliphatic heterocycles. The van der Waals surface area contributed by atoms with Gasteiger partial charge in [0.25, 0.3) is 0 Å². The third-order valence-corrected chi connectivity index (χ3v) is 12.1. The van der Waals surface area contributed by atoms with Crippen molar-refractivity contribution >= 4 is 87.7 Å². The van der Waals surface area contributed by atoms with Gasteiger partial charge in [0.15, 0.2) is 18.8 Å². The van der Waals surface area contributed by atoms with Crippen molar-refractivity contribution in [2.75, 3.05) is 0 Å². The summed E-state index contributed by atoms with van der Waals surface area (Å²) in [6, 6.07) is 40.3. The molecule has 0 bridgehead atoms. The van der Waals surface area contributed by atoms with E-state index in [2.05, 4.69) is 48.5 Å². The van der Waals surface area contributed by atoms with Gasteiger partial charge in [-0.1, -0.05) is 103 Å². The number of rotatable bonds is 3. The van der Waals surface area contributed by atoms with Crippen LogP contribution in [-0.2, 0) is 4.57 Å². The Labute approximate surface area is 239 Å². The van der Waals surface area contributed by atoms with E-state index >= 15 is 8.96 Å². The van der Waals surface area contributed by atoms with Gasteiger partial charge < -0.3 is 4.57 Å². The average molecular weight is 563 g/mol. The molecule has 9 rings (SSSR count). The summed E-state index contributed by atoms with van der Waals surface area (Å²) in [7, 11) is -3.97. The molecule has 0 N–H and O–H groups in total. The van der Waals surface area contributed by atoms with Crippen molar-refractivity contribution in [2.24, 2.45) is 0 Å². The van der Waals surface area contributed by atoms with E-state index < -0.39 is 18.8 Å². The van der Waals surface area contributed by atoms with E-state index in [0.717, 1.165) is 70.7 Å². The fourth-order valence-electron chi connectivity index (χ4n) is 7.11. The summed E-state index contributed by atoms with van der Waals surface area (Å²) >= 11 is 0. The Hall–Kier alpha value is -4.85. The molecule has 4 heteroatoms. The fourth-order valence-corrected chi connectivity index (χ4v) is 10.2. The lowest BCUT2D eigenvalue weighted by Gasteiger charge is -2.25. The summed E-state index contributed by atoms with van der Waals surface area (Å²) in [5.41, 5.74) is 0. The van der Waals surface area contributed by atoms with Gasteiger partial charge in [-0.2, -0.15) is 0 Å². The van der Waals surface area contributed by atoms with Crippen LogP contribution in [0.5, 0.6) is 0 Å². The number of halogens is 2. The molecule has 0 amide bonds. The highest BCUT2D eigenvalue weighted by molar-refractivity contribution is 7.86. The van der Waals surface area contributed by atoms with Gasteiger partial charge in [0.2, 0.25) is 0 Å². The molecule has 0 unspecified atom stereocenters. The molecule has 0 aliphatic carbocycles. The van der Waals surface area contributed by atoms with Crippen LogP contribution >= 0.6 is 7.14 Å². The third kappa shape index (κ3) is 2.99. The average Bonchev–Trinajstić information content (AvgIpc) is 3.03. The molecule has 198 valence electrons. The lowest BCUT2D eigenvalue weighted by atomic mass is 9.94. The molecule has 0 aliphatic rings. The SMILES string of the molecule is O=P(c1cccc(F)c1F)(c1ccc2ccc3cccc4ccc1c2c34)c1ccc2ccc3cccc4ccc1c2c34. The predicted octanol–water partition coefficient (Wildman–Crippen LogP) is 9.40. The van der Waals surface area contributed by atoms with Crippen molar-refractivity contribution < 1.29 is 13.3 Å². The second-order valence-corrected chi connectivity index (χ2v) is 13.7. The molecule has 0 fully saturated rings. The molecule has 0 radical (unpaired) electrons. The van der Waals surface area contributed by atoms with Crippen LogP contribution in [0.25, 0.3) is 64.6 Å². The van der Waals surface area contributed by atoms with E-state index in [4.69, 9.17) is 0 Å². The van der Waals surface area contributed by atoms with Crippen LogP contribution in [-0.4, -0.2) is 0 Å². The van der Waals surface area contributed by atoms with Crippen molar-refractivity contribution in [2.45, 2.75) is 0 Å². The molecular formula is C38H21F2OP. The van der Waals surface area contributed by atoms with Crippen LogP contribution in [0.4, 0.5) is 8.78 Å². The maximum atomic E-state index is 16.1. The van der Waals surface area contributed by atoms with Gasteiger partial charge >= 0.3 is 0 Å². The lowest BCUT2D eigenvalue weighted by molar-refractivity contribution is 0.513. The summed E-state index contributed by atoms with van der Waals surface area (Å²) < 4.78 is 46.9. The Bertz CT molecular complexity index is 2400. The van der Waals surface area contributed by atoms with E-state index in [0.29, 0.717) is 10.6 Å². The van der Waals surface area contributed by atoms with Gasteiger partial charge in [-0.25, -0.2) is 8.78 Å². The minimum atomic E-state index is -3.97. The fraction of sp³-hybridized carbons (Fsp3) is 0. The topological polar surface area (TPSA) is 17.1 Å². The quantitative estimate of drug-likeness (QED) is 0.155. The minimum Gasteiger partial charge on any atom is -0.308 e. The molecule has 42 heavy (non-hydrogen) atoms. The van der Waals surface area contributed by atoms with E-state index in [-0.39, 0.29) is 5.30 Å². The van der Waals surface area contributed by atoms with Crippen molar-refractivity contribution in [3.8, 4) is 0 Å². The minimum absolute atomic E-state index is 0.118. The second kappa shape index (κ2) is 8.35. The summed E-state index contributed by atoms with van der Waals surface area (Å²) in [6.07, 6.45) is 0. The Morgan fingerprint density at radius 2 is 0.762 bits per heavy atom. The number of hydrogen-bond acceptors (Lipinski definition) is 1. The Kier molecular flexibility index (Phi) is 4.73. The standard InChI is InChI=1S/C38H21F2OP/c39-30-8-3-9-33(38(30)40)42(41,31-20-16-26-12-10-22-4-1-6-24-14-18-28(31)36(26)34(22)24)32-21-17-27-13-11-23-5-2-7-25-15-19-29(32)37(27)35(23)25/h1-21H. The number of hydrogen-bond donors (Lipinski definition) is 0. The van der Waals surface area contributed by atoms with Crippen LogP contribution in [0.3, 0.4) is 0 Å². The van der Waals surface area contributed by atoms with Crippen molar-refractivity contribution in [1.29, 1.82) is 0 Å². The molecule has 0 atom stereocenters. The Balaban J connectivity index is 1.49. The molecular weight excluding hydrogens is 541 g/mol. The van der Waals surface area contributed by atoms with E-state index in [1.165, 1.54) is 12.1 Å². The highest BCUT2D eigenvalue weighted by Crippen LogP contribution is 2.50. The summed E-state index contributed by atoms with van der Waals surface area (Å²) in [5, 5.41) is 12.9. The third-order valence-electron chi connectivity index (χ3n) is 8.96. The normalized spacial score (nSPS) is 12.6. The molecule has 0 saturated carbocycles. The van der Waals surface area contributed by atoms with Gasteiger partial charge in [-0.3, -0.25) is 0 Å². The van der Waals surface area contributed by atoms with Gasteiger partial charge in [-0.15, -0.1) is 0 Å². The summed E-state index contributed by atoms with van der Waals surface area (Å²) in [4.78, 5) is 0. The largest absolute Gasteiger partial charge is 0.308 e. The zero-order chi connectivity index (χ0) is 28.2. The van der Waals surface area contributed by atoms with Crippen molar-refractivity contribution in [3.05, 3.63) is 139 Å². The highest BCUT2D eigenvalue weighted by atomic mass is 31.2. The maximum Gasteiger partial charge on any atom is 0.175 e. The van der Waals surface area contributed by atoms with E-state index in [1.54, 1.807) is 0 Å². The molecule has 0 saturated heterocycles. The van der Waals surface area contributed by atoms with Crippen LogP contribution in [0.15, 0.2) is 127 Å². The van der Waals surface area contributed by atoms with Gasteiger partial charge in [-0.05, 0) is 88.9 Å². The molecule has 0 spiro atoms. The first-order valence-electron chi connectivity index (χ1n) is 13.9. The first-order valence-corrected chi connectivity index (χ1v) is 15.6. The maximum absolute atomic E-state index is 16.1. The summed E-state index contributed by atoms with van der Waals surface area (Å²) in [6.45, 7) is 0. The molecule has 9 aromatic carbocycles. The second-order valence-electron chi connectivity index (χ2n) is 11.1. The zero-order valence-electron chi connectivity index (χ0n) is 22.2. The van der Waals surface area contributed by atoms with E-state index in [1.807, 2.05) is 60.7 Å². The van der Waals surface area contributed by atoms with Crippen LogP contribution in [0, 0.1) is 11.6 Å². The van der Waals surface area contributed by atoms with Crippen LogP contribution in [0.2, 0.25) is 0 Å². The smallest absolute Gasteiger partial charge is 0.175 e.